The molecule has 0 aliphatic heterocycles. The highest BCUT2D eigenvalue weighted by Gasteiger charge is 2.20. The van der Waals surface area contributed by atoms with Crippen LogP contribution in [0.5, 0.6) is 5.75 Å². The molecular weight excluding hydrogens is 313 g/mol. The zero-order valence-corrected chi connectivity index (χ0v) is 13.6. The van der Waals surface area contributed by atoms with Crippen LogP contribution >= 0.6 is 11.8 Å². The van der Waals surface area contributed by atoms with Gasteiger partial charge in [0.1, 0.15) is 16.5 Å². The standard InChI is InChI=1S/C14H20FNO3S2/c1-19-13-7-6-11(15)10-14(13)21(17,18)16-8-9-20-12-4-2-3-5-12/h6-7,10,12,16H,2-5,8-9H2,1H3. The van der Waals surface area contributed by atoms with Gasteiger partial charge in [-0.1, -0.05) is 12.8 Å². The highest BCUT2D eigenvalue weighted by atomic mass is 32.2. The van der Waals surface area contributed by atoms with E-state index in [0.29, 0.717) is 11.8 Å². The molecule has 0 aromatic heterocycles. The van der Waals surface area contributed by atoms with Crippen LogP contribution in [0.2, 0.25) is 0 Å². The zero-order valence-electron chi connectivity index (χ0n) is 12.0. The molecule has 0 atom stereocenters. The Balaban J connectivity index is 1.93. The fourth-order valence-corrected chi connectivity index (χ4v) is 4.95. The summed E-state index contributed by atoms with van der Waals surface area (Å²) in [5, 5.41) is 0.651. The summed E-state index contributed by atoms with van der Waals surface area (Å²) in [5.41, 5.74) is 0. The van der Waals surface area contributed by atoms with E-state index in [1.54, 1.807) is 11.8 Å². The van der Waals surface area contributed by atoms with Crippen molar-refractivity contribution in [2.24, 2.45) is 0 Å². The van der Waals surface area contributed by atoms with Crippen LogP contribution < -0.4 is 9.46 Å². The van der Waals surface area contributed by atoms with Gasteiger partial charge in [-0.2, -0.15) is 11.8 Å². The van der Waals surface area contributed by atoms with Crippen LogP contribution in [0.3, 0.4) is 0 Å². The largest absolute Gasteiger partial charge is 0.495 e. The van der Waals surface area contributed by atoms with E-state index in [0.717, 1.165) is 11.8 Å². The summed E-state index contributed by atoms with van der Waals surface area (Å²) in [7, 11) is -2.39. The molecular formula is C14H20FNO3S2. The van der Waals surface area contributed by atoms with E-state index in [1.165, 1.54) is 44.9 Å². The van der Waals surface area contributed by atoms with Crippen molar-refractivity contribution in [1.29, 1.82) is 0 Å². The Bertz CT molecular complexity index is 572. The number of ether oxygens (including phenoxy) is 1. The Hall–Kier alpha value is -0.790. The van der Waals surface area contributed by atoms with Crippen LogP contribution in [0.15, 0.2) is 23.1 Å². The second-order valence-electron chi connectivity index (χ2n) is 4.97. The maximum Gasteiger partial charge on any atom is 0.244 e. The molecule has 0 saturated heterocycles. The summed E-state index contributed by atoms with van der Waals surface area (Å²) in [6.45, 7) is 0.336. The first-order valence-corrected chi connectivity index (χ1v) is 9.51. The van der Waals surface area contributed by atoms with E-state index in [-0.39, 0.29) is 10.6 Å². The van der Waals surface area contributed by atoms with Crippen LogP contribution in [0.4, 0.5) is 4.39 Å². The van der Waals surface area contributed by atoms with Crippen LogP contribution in [0.1, 0.15) is 25.7 Å². The van der Waals surface area contributed by atoms with Crippen molar-refractivity contribution in [3.63, 3.8) is 0 Å². The van der Waals surface area contributed by atoms with E-state index < -0.39 is 15.8 Å². The van der Waals surface area contributed by atoms with Crippen LogP contribution in [0, 0.1) is 5.82 Å². The minimum absolute atomic E-state index is 0.146. The summed E-state index contributed by atoms with van der Waals surface area (Å²) in [6.07, 6.45) is 4.97. The summed E-state index contributed by atoms with van der Waals surface area (Å²) >= 11 is 1.80. The normalized spacial score (nSPS) is 16.3. The SMILES string of the molecule is COc1ccc(F)cc1S(=O)(=O)NCCSC1CCCC1. The van der Waals surface area contributed by atoms with E-state index in [9.17, 15) is 12.8 Å². The topological polar surface area (TPSA) is 55.4 Å². The minimum Gasteiger partial charge on any atom is -0.495 e. The van der Waals surface area contributed by atoms with Crippen molar-refractivity contribution < 1.29 is 17.5 Å². The molecule has 1 aliphatic carbocycles. The first-order valence-electron chi connectivity index (χ1n) is 6.98. The molecule has 0 radical (unpaired) electrons. The van der Waals surface area contributed by atoms with Crippen molar-refractivity contribution in [2.75, 3.05) is 19.4 Å². The van der Waals surface area contributed by atoms with Crippen LogP contribution in [-0.2, 0) is 10.0 Å². The van der Waals surface area contributed by atoms with E-state index in [4.69, 9.17) is 4.74 Å². The molecule has 0 heterocycles. The molecule has 1 aromatic carbocycles. The lowest BCUT2D eigenvalue weighted by atomic mass is 10.3. The molecule has 2 rings (SSSR count). The van der Waals surface area contributed by atoms with Crippen molar-refractivity contribution >= 4 is 21.8 Å². The predicted molar refractivity (Wildman–Crippen MR) is 82.9 cm³/mol. The van der Waals surface area contributed by atoms with Crippen LogP contribution in [0.25, 0.3) is 0 Å². The van der Waals surface area contributed by atoms with Crippen molar-refractivity contribution in [1.82, 2.24) is 4.72 Å². The molecule has 1 saturated carbocycles. The van der Waals surface area contributed by atoms with Gasteiger partial charge in [-0.15, -0.1) is 0 Å². The maximum atomic E-state index is 13.3. The number of hydrogen-bond donors (Lipinski definition) is 1. The number of halogens is 1. The second kappa shape index (κ2) is 7.47. The summed E-state index contributed by atoms with van der Waals surface area (Å²) < 4.78 is 45.1. The third kappa shape index (κ3) is 4.59. The molecule has 0 bridgehead atoms. The van der Waals surface area contributed by atoms with Gasteiger partial charge in [0.05, 0.1) is 7.11 Å². The van der Waals surface area contributed by atoms with E-state index >= 15 is 0 Å². The van der Waals surface area contributed by atoms with Crippen molar-refractivity contribution in [3.8, 4) is 5.75 Å². The monoisotopic (exact) mass is 333 g/mol. The maximum absolute atomic E-state index is 13.3. The molecule has 21 heavy (non-hydrogen) atoms. The minimum atomic E-state index is -3.75. The van der Waals surface area contributed by atoms with Crippen molar-refractivity contribution in [2.45, 2.75) is 35.8 Å². The Morgan fingerprint density at radius 3 is 2.76 bits per heavy atom. The third-order valence-corrected chi connectivity index (χ3v) is 6.33. The number of hydrogen-bond acceptors (Lipinski definition) is 4. The summed E-state index contributed by atoms with van der Waals surface area (Å²) in [5.74, 6) is 0.269. The quantitative estimate of drug-likeness (QED) is 0.780. The molecule has 7 heteroatoms. The Morgan fingerprint density at radius 2 is 2.10 bits per heavy atom. The lowest BCUT2D eigenvalue weighted by Gasteiger charge is -2.12. The molecule has 1 N–H and O–H groups in total. The fourth-order valence-electron chi connectivity index (χ4n) is 2.39. The van der Waals surface area contributed by atoms with E-state index in [1.807, 2.05) is 0 Å². The van der Waals surface area contributed by atoms with Gasteiger partial charge in [0.2, 0.25) is 10.0 Å². The Kier molecular flexibility index (Phi) is 5.89. The molecule has 0 spiro atoms. The smallest absolute Gasteiger partial charge is 0.244 e. The van der Waals surface area contributed by atoms with Gasteiger partial charge in [0.25, 0.3) is 0 Å². The summed E-state index contributed by atoms with van der Waals surface area (Å²) in [6, 6.07) is 3.47. The highest BCUT2D eigenvalue weighted by molar-refractivity contribution is 8.00. The third-order valence-electron chi connectivity index (χ3n) is 3.47. The Morgan fingerprint density at radius 1 is 1.38 bits per heavy atom. The van der Waals surface area contributed by atoms with Crippen LogP contribution in [-0.4, -0.2) is 33.1 Å². The second-order valence-corrected chi connectivity index (χ2v) is 8.11. The molecule has 1 fully saturated rings. The predicted octanol–water partition coefficient (Wildman–Crippen LogP) is 2.79. The van der Waals surface area contributed by atoms with Gasteiger partial charge in [0, 0.05) is 17.5 Å². The average molecular weight is 333 g/mol. The van der Waals surface area contributed by atoms with Gasteiger partial charge < -0.3 is 4.74 Å². The number of benzene rings is 1. The van der Waals surface area contributed by atoms with Crippen molar-refractivity contribution in [3.05, 3.63) is 24.0 Å². The lowest BCUT2D eigenvalue weighted by molar-refractivity contribution is 0.400. The van der Waals surface area contributed by atoms with Gasteiger partial charge in [0.15, 0.2) is 0 Å². The molecule has 0 amide bonds. The van der Waals surface area contributed by atoms with Gasteiger partial charge >= 0.3 is 0 Å². The first-order chi connectivity index (χ1) is 10.0. The molecule has 118 valence electrons. The summed E-state index contributed by atoms with van der Waals surface area (Å²) in [4.78, 5) is -0.157. The number of sulfonamides is 1. The van der Waals surface area contributed by atoms with Gasteiger partial charge in [-0.25, -0.2) is 17.5 Å². The highest BCUT2D eigenvalue weighted by Crippen LogP contribution is 2.29. The fraction of sp³-hybridized carbons (Fsp3) is 0.571. The molecule has 1 aromatic rings. The molecule has 0 unspecified atom stereocenters. The van der Waals surface area contributed by atoms with Gasteiger partial charge in [-0.3, -0.25) is 0 Å². The number of thioether (sulfide) groups is 1. The molecule has 1 aliphatic rings. The zero-order chi connectivity index (χ0) is 15.3. The van der Waals surface area contributed by atoms with Gasteiger partial charge in [-0.05, 0) is 31.0 Å². The Labute approximate surface area is 129 Å². The average Bonchev–Trinajstić information content (AvgIpc) is 2.97. The number of nitrogens with one attached hydrogen (secondary N) is 1. The number of methoxy groups -OCH3 is 1. The van der Waals surface area contributed by atoms with E-state index in [2.05, 4.69) is 4.72 Å². The number of rotatable bonds is 7. The first kappa shape index (κ1) is 16.6. The lowest BCUT2D eigenvalue weighted by Crippen LogP contribution is -2.27. The molecule has 4 nitrogen and oxygen atoms in total.